The smallest absolute Gasteiger partial charge is 0.141 e. The van der Waals surface area contributed by atoms with Crippen molar-refractivity contribution in [2.45, 2.75) is 12.5 Å². The molecule has 1 atom stereocenters. The third-order valence-corrected chi connectivity index (χ3v) is 3.57. The summed E-state index contributed by atoms with van der Waals surface area (Å²) in [6, 6.07) is 9.81. The van der Waals surface area contributed by atoms with Gasteiger partial charge in [-0.2, -0.15) is 0 Å². The maximum atomic E-state index is 13.2. The highest BCUT2D eigenvalue weighted by Gasteiger charge is 2.14. The Bertz CT molecular complexity index is 634. The number of hydrogen-bond donors (Lipinski definition) is 1. The molecule has 1 unspecified atom stereocenters. The van der Waals surface area contributed by atoms with E-state index < -0.39 is 5.82 Å². The van der Waals surface area contributed by atoms with Crippen LogP contribution in [0.3, 0.4) is 0 Å². The zero-order chi connectivity index (χ0) is 15.4. The van der Waals surface area contributed by atoms with E-state index in [0.717, 1.165) is 11.1 Å². The lowest BCUT2D eigenvalue weighted by atomic mass is 9.98. The molecule has 0 saturated carbocycles. The van der Waals surface area contributed by atoms with Crippen molar-refractivity contribution in [1.82, 2.24) is 0 Å². The van der Waals surface area contributed by atoms with Gasteiger partial charge in [-0.25, -0.2) is 4.39 Å². The lowest BCUT2D eigenvalue weighted by molar-refractivity contribution is 0.388. The summed E-state index contributed by atoms with van der Waals surface area (Å²) in [5, 5.41) is 0.0985. The topological polar surface area (TPSA) is 44.5 Å². The van der Waals surface area contributed by atoms with E-state index in [4.69, 9.17) is 26.8 Å². The third-order valence-electron chi connectivity index (χ3n) is 3.28. The Labute approximate surface area is 128 Å². The minimum atomic E-state index is -0.434. The van der Waals surface area contributed by atoms with E-state index in [9.17, 15) is 4.39 Å². The number of rotatable bonds is 5. The first-order valence-corrected chi connectivity index (χ1v) is 6.84. The van der Waals surface area contributed by atoms with Crippen LogP contribution in [-0.4, -0.2) is 14.2 Å². The highest BCUT2D eigenvalue weighted by atomic mass is 35.5. The number of ether oxygens (including phenoxy) is 2. The third kappa shape index (κ3) is 3.65. The Morgan fingerprint density at radius 3 is 2.52 bits per heavy atom. The number of halogens is 2. The summed E-state index contributed by atoms with van der Waals surface area (Å²) in [6.45, 7) is 0. The van der Waals surface area contributed by atoms with Crippen molar-refractivity contribution in [2.75, 3.05) is 14.2 Å². The molecule has 112 valence electrons. The molecule has 3 nitrogen and oxygen atoms in total. The van der Waals surface area contributed by atoms with Crippen molar-refractivity contribution in [2.24, 2.45) is 5.73 Å². The molecule has 2 aromatic carbocycles. The lowest BCUT2D eigenvalue weighted by Gasteiger charge is -2.17. The molecule has 0 aliphatic rings. The molecule has 21 heavy (non-hydrogen) atoms. The lowest BCUT2D eigenvalue weighted by Crippen LogP contribution is -2.14. The quantitative estimate of drug-likeness (QED) is 0.915. The minimum absolute atomic E-state index is 0.0985. The Kier molecular flexibility index (Phi) is 5.04. The van der Waals surface area contributed by atoms with Crippen molar-refractivity contribution in [3.8, 4) is 11.5 Å². The summed E-state index contributed by atoms with van der Waals surface area (Å²) in [7, 11) is 3.18. The highest BCUT2D eigenvalue weighted by Crippen LogP contribution is 2.30. The van der Waals surface area contributed by atoms with E-state index >= 15 is 0 Å². The van der Waals surface area contributed by atoms with Gasteiger partial charge in [0.2, 0.25) is 0 Å². The van der Waals surface area contributed by atoms with Crippen molar-refractivity contribution < 1.29 is 13.9 Å². The Balaban J connectivity index is 2.23. The van der Waals surface area contributed by atoms with Crippen molar-refractivity contribution >= 4 is 11.6 Å². The molecule has 2 N–H and O–H groups in total. The normalized spacial score (nSPS) is 12.0. The van der Waals surface area contributed by atoms with Crippen molar-refractivity contribution in [1.29, 1.82) is 0 Å². The molecule has 0 radical (unpaired) electrons. The highest BCUT2D eigenvalue weighted by molar-refractivity contribution is 6.30. The van der Waals surface area contributed by atoms with Crippen LogP contribution in [0.25, 0.3) is 0 Å². The van der Waals surface area contributed by atoms with Gasteiger partial charge in [-0.1, -0.05) is 23.7 Å². The summed E-state index contributed by atoms with van der Waals surface area (Å²) in [5.41, 5.74) is 7.95. The Hall–Kier alpha value is -1.78. The van der Waals surface area contributed by atoms with Gasteiger partial charge in [0.25, 0.3) is 0 Å². The molecule has 5 heteroatoms. The molecule has 0 saturated heterocycles. The van der Waals surface area contributed by atoms with Crippen LogP contribution >= 0.6 is 11.6 Å². The molecular formula is C16H17ClFNO2. The average Bonchev–Trinajstić information content (AvgIpc) is 2.50. The molecule has 0 amide bonds. The maximum Gasteiger partial charge on any atom is 0.141 e. The second-order valence-corrected chi connectivity index (χ2v) is 5.07. The fourth-order valence-corrected chi connectivity index (χ4v) is 2.36. The zero-order valence-corrected chi connectivity index (χ0v) is 12.7. The molecule has 0 bridgehead atoms. The first-order chi connectivity index (χ1) is 10.0. The number of benzene rings is 2. The van der Waals surface area contributed by atoms with Crippen LogP contribution in [0.2, 0.25) is 5.02 Å². The molecule has 0 heterocycles. The Morgan fingerprint density at radius 1 is 1.14 bits per heavy atom. The van der Waals surface area contributed by atoms with Gasteiger partial charge in [0.05, 0.1) is 19.2 Å². The first-order valence-electron chi connectivity index (χ1n) is 6.46. The van der Waals surface area contributed by atoms with Gasteiger partial charge in [0.1, 0.15) is 17.3 Å². The zero-order valence-electron chi connectivity index (χ0n) is 11.9. The van der Waals surface area contributed by atoms with E-state index in [1.54, 1.807) is 32.4 Å². The molecule has 2 aromatic rings. The Morgan fingerprint density at radius 2 is 1.90 bits per heavy atom. The summed E-state index contributed by atoms with van der Waals surface area (Å²) in [4.78, 5) is 0. The van der Waals surface area contributed by atoms with E-state index in [0.29, 0.717) is 17.9 Å². The molecule has 0 aromatic heterocycles. The van der Waals surface area contributed by atoms with Crippen LogP contribution in [0.15, 0.2) is 36.4 Å². The summed E-state index contributed by atoms with van der Waals surface area (Å²) >= 11 is 5.78. The van der Waals surface area contributed by atoms with Crippen LogP contribution in [0, 0.1) is 5.82 Å². The molecule has 0 fully saturated rings. The van der Waals surface area contributed by atoms with Crippen LogP contribution in [0.1, 0.15) is 17.2 Å². The summed E-state index contributed by atoms with van der Waals surface area (Å²) < 4.78 is 23.7. The molecule has 0 aliphatic carbocycles. The van der Waals surface area contributed by atoms with Crippen LogP contribution in [-0.2, 0) is 6.42 Å². The van der Waals surface area contributed by atoms with Gasteiger partial charge in [-0.15, -0.1) is 0 Å². The van der Waals surface area contributed by atoms with E-state index in [1.165, 1.54) is 6.07 Å². The van der Waals surface area contributed by atoms with Gasteiger partial charge in [-0.05, 0) is 30.2 Å². The van der Waals surface area contributed by atoms with Crippen LogP contribution < -0.4 is 15.2 Å². The number of nitrogens with two attached hydrogens (primary N) is 1. The first kappa shape index (κ1) is 15.6. The van der Waals surface area contributed by atoms with Crippen molar-refractivity contribution in [3.05, 3.63) is 58.4 Å². The maximum absolute atomic E-state index is 13.2. The number of methoxy groups -OCH3 is 2. The van der Waals surface area contributed by atoms with E-state index in [1.807, 2.05) is 12.1 Å². The van der Waals surface area contributed by atoms with Crippen LogP contribution in [0.4, 0.5) is 4.39 Å². The number of hydrogen-bond acceptors (Lipinski definition) is 3. The molecular weight excluding hydrogens is 293 g/mol. The summed E-state index contributed by atoms with van der Waals surface area (Å²) in [6.07, 6.45) is 0.530. The van der Waals surface area contributed by atoms with Gasteiger partial charge in [0, 0.05) is 17.7 Å². The predicted octanol–water partition coefficient (Wildman–Crippen LogP) is 3.74. The monoisotopic (exact) mass is 309 g/mol. The standard InChI is InChI=1S/C16H17ClFNO2/c1-20-11-4-5-12(16(9-11)21-2)15(19)8-10-3-6-14(18)13(17)7-10/h3-7,9,15H,8,19H2,1-2H3. The van der Waals surface area contributed by atoms with Gasteiger partial charge < -0.3 is 15.2 Å². The molecule has 0 spiro atoms. The van der Waals surface area contributed by atoms with Gasteiger partial charge in [-0.3, -0.25) is 0 Å². The van der Waals surface area contributed by atoms with E-state index in [2.05, 4.69) is 0 Å². The minimum Gasteiger partial charge on any atom is -0.497 e. The van der Waals surface area contributed by atoms with Gasteiger partial charge >= 0.3 is 0 Å². The van der Waals surface area contributed by atoms with Gasteiger partial charge in [0.15, 0.2) is 0 Å². The summed E-state index contributed by atoms with van der Waals surface area (Å²) in [5.74, 6) is 0.929. The second kappa shape index (κ2) is 6.78. The van der Waals surface area contributed by atoms with Crippen molar-refractivity contribution in [3.63, 3.8) is 0 Å². The average molecular weight is 310 g/mol. The molecule has 0 aliphatic heterocycles. The molecule has 2 rings (SSSR count). The van der Waals surface area contributed by atoms with Crippen LogP contribution in [0.5, 0.6) is 11.5 Å². The fourth-order valence-electron chi connectivity index (χ4n) is 2.16. The second-order valence-electron chi connectivity index (χ2n) is 4.67. The SMILES string of the molecule is COc1ccc(C(N)Cc2ccc(F)c(Cl)c2)c(OC)c1. The largest absolute Gasteiger partial charge is 0.497 e. The fraction of sp³-hybridized carbons (Fsp3) is 0.250. The predicted molar refractivity (Wildman–Crippen MR) is 81.6 cm³/mol. The van der Waals surface area contributed by atoms with E-state index in [-0.39, 0.29) is 11.1 Å².